The van der Waals surface area contributed by atoms with E-state index in [9.17, 15) is 122 Å². The van der Waals surface area contributed by atoms with Gasteiger partial charge in [-0.1, -0.05) is 72.3 Å². The van der Waals surface area contributed by atoms with Crippen LogP contribution in [0, 0.1) is 50.2 Å². The SMILES string of the molecule is C=CC(C)(O)CCC=C(C)C(=O)OC1C(O)COC(OC2C(COC(C)=O)OC(OC(=O)C34CC(O)C(C)(C)CC3C3=CCC5C6(C)CCC(OC7OC(COC8OCC(O)C(OC9OCC(O)C(O)C9O)C8O)C(OC8OC(CO)C(O)C(O)C8O)C(O)C7NC(C)=O)C(C)(C)C6CCC5(C)C3(C)CC4O)C(OC3OCC(O)C(OC4OCC(O)(CO)C4O)C3O)C2O)C1O. The van der Waals surface area contributed by atoms with Crippen molar-refractivity contribution < 1.29 is 212 Å². The summed E-state index contributed by atoms with van der Waals surface area (Å²) in [6.45, 7) is 16.5. The first-order valence-corrected chi connectivity index (χ1v) is 45.0. The molecule has 748 valence electrons. The van der Waals surface area contributed by atoms with Gasteiger partial charge < -0.3 is 198 Å². The predicted octanol–water partition coefficient (Wildman–Crippen LogP) is -6.67. The van der Waals surface area contributed by atoms with Crippen molar-refractivity contribution in [3.05, 3.63) is 36.0 Å². The number of nitrogens with one attached hydrogen (secondary N) is 1. The predicted molar refractivity (Wildman–Crippen MR) is 435 cm³/mol. The maximum absolute atomic E-state index is 16.5. The first-order chi connectivity index (χ1) is 61.4. The number of rotatable bonds is 28. The van der Waals surface area contributed by atoms with Crippen molar-refractivity contribution >= 4 is 23.8 Å². The van der Waals surface area contributed by atoms with E-state index in [0.29, 0.717) is 32.1 Å². The Labute approximate surface area is 756 Å². The maximum Gasteiger partial charge on any atom is 0.333 e. The summed E-state index contributed by atoms with van der Waals surface area (Å²) in [7, 11) is 0. The van der Waals surface area contributed by atoms with E-state index in [1.807, 2.05) is 27.7 Å². The molecule has 8 aliphatic heterocycles. The number of hydrogen-bond acceptors (Lipinski definition) is 43. The smallest absolute Gasteiger partial charge is 0.333 e. The Hall–Kier alpha value is -4.34. The van der Waals surface area contributed by atoms with Crippen molar-refractivity contribution in [2.75, 3.05) is 59.5 Å². The number of fused-ring (bicyclic) bond motifs is 7. The van der Waals surface area contributed by atoms with Crippen molar-refractivity contribution in [3.63, 3.8) is 0 Å². The van der Waals surface area contributed by atoms with Crippen LogP contribution in [0.2, 0.25) is 0 Å². The summed E-state index contributed by atoms with van der Waals surface area (Å²) in [5, 5.41) is 241. The topological polar surface area (TPSA) is 671 Å². The monoisotopic (exact) mass is 1880 g/mol. The second-order valence-electron chi connectivity index (χ2n) is 40.3. The van der Waals surface area contributed by atoms with E-state index in [0.717, 1.165) is 12.5 Å². The Kier molecular flexibility index (Phi) is 32.1. The van der Waals surface area contributed by atoms with Gasteiger partial charge in [0.2, 0.25) is 12.2 Å². The fraction of sp³-hybridized carbons (Fsp3) is 0.885. The van der Waals surface area contributed by atoms with Gasteiger partial charge in [-0.05, 0) is 123 Å². The van der Waals surface area contributed by atoms with Crippen LogP contribution in [0.1, 0.15) is 140 Å². The lowest BCUT2D eigenvalue weighted by Gasteiger charge is -2.72. The molecule has 0 bridgehead atoms. The second kappa shape index (κ2) is 40.5. The van der Waals surface area contributed by atoms with Gasteiger partial charge in [-0.25, -0.2) is 4.79 Å². The molecule has 0 aromatic heterocycles. The Morgan fingerprint density at radius 3 is 1.71 bits per heavy atom. The number of esters is 3. The van der Waals surface area contributed by atoms with Gasteiger partial charge >= 0.3 is 17.9 Å². The molecule has 0 spiro atoms. The van der Waals surface area contributed by atoms with Gasteiger partial charge in [0, 0.05) is 19.4 Å². The number of allylic oxidation sites excluding steroid dienone is 3. The molecule has 0 radical (unpaired) electrons. The zero-order valence-electron chi connectivity index (χ0n) is 75.3. The van der Waals surface area contributed by atoms with Crippen molar-refractivity contribution in [2.24, 2.45) is 50.2 Å². The van der Waals surface area contributed by atoms with Gasteiger partial charge in [-0.15, -0.1) is 6.58 Å². The first-order valence-electron chi connectivity index (χ1n) is 45.0. The minimum absolute atomic E-state index is 0.0203. The molecule has 45 unspecified atom stereocenters. The molecule has 0 aromatic rings. The largest absolute Gasteiger partial charge is 0.463 e. The van der Waals surface area contributed by atoms with Gasteiger partial charge in [0.1, 0.15) is 158 Å². The third-order valence-electron chi connectivity index (χ3n) is 31.0. The van der Waals surface area contributed by atoms with Crippen molar-refractivity contribution in [3.8, 4) is 0 Å². The van der Waals surface area contributed by atoms with Crippen molar-refractivity contribution in [1.82, 2.24) is 5.32 Å². The summed E-state index contributed by atoms with van der Waals surface area (Å²) in [5.41, 5.74) is -8.80. The quantitative estimate of drug-likeness (QED) is 0.0114. The number of ether oxygens (including phenoxy) is 18. The van der Waals surface area contributed by atoms with E-state index in [-0.39, 0.29) is 43.1 Å². The number of amides is 1. The molecule has 22 N–H and O–H groups in total. The molecule has 8 heterocycles. The first kappa shape index (κ1) is 104. The van der Waals surface area contributed by atoms with E-state index >= 15 is 4.79 Å². The Bertz CT molecular complexity index is 3990. The van der Waals surface area contributed by atoms with Crippen LogP contribution < -0.4 is 5.32 Å². The molecule has 0 aromatic carbocycles. The number of carbonyl (C=O) groups excluding carboxylic acids is 4. The van der Waals surface area contributed by atoms with E-state index < -0.39 is 360 Å². The zero-order chi connectivity index (χ0) is 96.0. The number of aliphatic hydroxyl groups excluding tert-OH is 19. The molecule has 44 heteroatoms. The lowest BCUT2D eigenvalue weighted by atomic mass is 9.33. The van der Waals surface area contributed by atoms with E-state index in [4.69, 9.17) is 85.3 Å². The van der Waals surface area contributed by atoms with Crippen LogP contribution in [0.25, 0.3) is 0 Å². The molecule has 13 rings (SSSR count). The van der Waals surface area contributed by atoms with Gasteiger partial charge in [-0.2, -0.15) is 0 Å². The minimum atomic E-state index is -2.27. The lowest BCUT2D eigenvalue weighted by molar-refractivity contribution is -0.377. The third-order valence-corrected chi connectivity index (χ3v) is 31.0. The van der Waals surface area contributed by atoms with E-state index in [2.05, 4.69) is 38.7 Å². The molecule has 5 aliphatic carbocycles. The Balaban J connectivity index is 0.778. The number of carbonyl (C=O) groups is 4. The molecular formula is C87H137NO43. The van der Waals surface area contributed by atoms with Crippen LogP contribution in [0.15, 0.2) is 36.0 Å². The molecule has 13 aliphatic rings. The van der Waals surface area contributed by atoms with Gasteiger partial charge in [-0.3, -0.25) is 14.4 Å². The standard InChI is InChI=1S/C87H137NO43/c1-13-82(9,112)20-14-15-35(2)70(110)125-63-41(94)29-117-74(61(63)107)128-67-45(31-114-37(4)92)123-77(68(59(67)105)130-75-62(108)65(43(96)30-118-75)127-78-69(109)86(113,33-90)34-120-78)131-79(111)87-25-49(97)80(5,6)23-39(87)38-16-17-48-83(10)21-19-51(81(7,8)47(83)18-22-84(48,11)85(38,12)24-50(87)98)124-71-52(88-36(3)91)55(101)66(129-76-58(104)56(102)54(100)44(26-89)121-76)46(122-71)32-119-72-60(106)64(42(95)28-115-72)126-73-57(103)53(99)40(93)27-116-73/h13,15-16,39-69,71-78,89-90,93-109,112-113H,1,14,17-34H2,2-12H3,(H,88,91). The molecule has 44 nitrogen and oxygen atoms in total. The fourth-order valence-electron chi connectivity index (χ4n) is 22.8. The summed E-state index contributed by atoms with van der Waals surface area (Å²) in [4.78, 5) is 56.3. The van der Waals surface area contributed by atoms with Crippen LogP contribution >= 0.6 is 0 Å². The van der Waals surface area contributed by atoms with Crippen LogP contribution in [-0.4, -0.2) is 423 Å². The summed E-state index contributed by atoms with van der Waals surface area (Å²) < 4.78 is 109. The molecule has 1 amide bonds. The van der Waals surface area contributed by atoms with Gasteiger partial charge in [0.15, 0.2) is 56.2 Å². The molecule has 131 heavy (non-hydrogen) atoms. The molecule has 8 saturated heterocycles. The average molecular weight is 1890 g/mol. The third kappa shape index (κ3) is 20.0. The normalized spacial score (nSPS) is 49.2. The van der Waals surface area contributed by atoms with Crippen LogP contribution in [0.5, 0.6) is 0 Å². The fourth-order valence-corrected chi connectivity index (χ4v) is 22.8. The van der Waals surface area contributed by atoms with Crippen LogP contribution in [0.3, 0.4) is 0 Å². The summed E-state index contributed by atoms with van der Waals surface area (Å²) in [6.07, 6.45) is -55.6. The van der Waals surface area contributed by atoms with Crippen LogP contribution in [0.4, 0.5) is 0 Å². The summed E-state index contributed by atoms with van der Waals surface area (Å²) >= 11 is 0. The van der Waals surface area contributed by atoms with Crippen molar-refractivity contribution in [1.29, 1.82) is 0 Å². The zero-order valence-corrected chi connectivity index (χ0v) is 75.3. The molecule has 12 fully saturated rings. The van der Waals surface area contributed by atoms with Crippen molar-refractivity contribution in [2.45, 2.75) is 373 Å². The molecular weight excluding hydrogens is 1750 g/mol. The van der Waals surface area contributed by atoms with E-state index in [1.54, 1.807) is 0 Å². The van der Waals surface area contributed by atoms with Gasteiger partial charge in [0.25, 0.3) is 0 Å². The average Bonchev–Trinajstić information content (AvgIpc) is 0.839. The molecule has 4 saturated carbocycles. The number of aliphatic hydroxyl groups is 21. The van der Waals surface area contributed by atoms with E-state index in [1.165, 1.54) is 32.9 Å². The number of hydrogen-bond donors (Lipinski definition) is 22. The summed E-state index contributed by atoms with van der Waals surface area (Å²) in [5.74, 6) is -5.07. The minimum Gasteiger partial charge on any atom is -0.463 e. The Morgan fingerprint density at radius 2 is 1.09 bits per heavy atom. The highest BCUT2D eigenvalue weighted by Gasteiger charge is 2.74. The summed E-state index contributed by atoms with van der Waals surface area (Å²) in [6, 6.07) is -1.50. The lowest BCUT2D eigenvalue weighted by Crippen LogP contribution is -2.70. The van der Waals surface area contributed by atoms with Gasteiger partial charge in [0.05, 0.1) is 76.8 Å². The van der Waals surface area contributed by atoms with Crippen LogP contribution in [-0.2, 0) is 104 Å². The maximum atomic E-state index is 16.5. The second-order valence-corrected chi connectivity index (χ2v) is 40.3. The highest BCUT2D eigenvalue weighted by molar-refractivity contribution is 5.88. The highest BCUT2D eigenvalue weighted by atomic mass is 16.8. The molecule has 45 atom stereocenters. The Morgan fingerprint density at radius 1 is 0.542 bits per heavy atom. The highest BCUT2D eigenvalue weighted by Crippen LogP contribution is 2.76.